The van der Waals surface area contributed by atoms with Crippen molar-refractivity contribution in [2.75, 3.05) is 20.8 Å². The SMILES string of the molecule is C=C/C=C1\N=C(/C)c2ccccc2C(=O)NC(C(=O)N(C)OC)C/C=C\CCO1.CC. The first-order valence-corrected chi connectivity index (χ1v) is 10.4. The Morgan fingerprint density at radius 2 is 1.97 bits per heavy atom. The van der Waals surface area contributed by atoms with Crippen LogP contribution in [0.1, 0.15) is 49.5 Å². The third kappa shape index (κ3) is 7.86. The van der Waals surface area contributed by atoms with Crippen molar-refractivity contribution in [2.24, 2.45) is 4.99 Å². The molecular weight excluding hydrogens is 394 g/mol. The summed E-state index contributed by atoms with van der Waals surface area (Å²) in [4.78, 5) is 35.1. The molecule has 1 unspecified atom stereocenters. The maximum atomic E-state index is 13.0. The number of hydrogen-bond acceptors (Lipinski definition) is 5. The smallest absolute Gasteiger partial charge is 0.268 e. The van der Waals surface area contributed by atoms with Gasteiger partial charge >= 0.3 is 0 Å². The van der Waals surface area contributed by atoms with Crippen LogP contribution >= 0.6 is 0 Å². The van der Waals surface area contributed by atoms with Crippen LogP contribution in [0.3, 0.4) is 0 Å². The maximum Gasteiger partial charge on any atom is 0.268 e. The first-order valence-electron chi connectivity index (χ1n) is 10.4. The lowest BCUT2D eigenvalue weighted by Crippen LogP contribution is -2.47. The van der Waals surface area contributed by atoms with Gasteiger partial charge in [-0.25, -0.2) is 10.1 Å². The third-order valence-corrected chi connectivity index (χ3v) is 4.36. The Bertz CT molecular complexity index is 843. The Balaban J connectivity index is 0.00000233. The first kappa shape index (κ1) is 25.8. The molecule has 1 N–H and O–H groups in total. The van der Waals surface area contributed by atoms with E-state index in [1.807, 2.05) is 38.1 Å². The number of fused-ring (bicyclic) bond motifs is 1. The molecule has 7 nitrogen and oxygen atoms in total. The van der Waals surface area contributed by atoms with E-state index >= 15 is 0 Å². The lowest BCUT2D eigenvalue weighted by Gasteiger charge is -2.22. The van der Waals surface area contributed by atoms with Gasteiger partial charge in [0.25, 0.3) is 11.8 Å². The zero-order chi connectivity index (χ0) is 23.2. The van der Waals surface area contributed by atoms with Gasteiger partial charge in [0.1, 0.15) is 6.04 Å². The summed E-state index contributed by atoms with van der Waals surface area (Å²) >= 11 is 0. The monoisotopic (exact) mass is 427 g/mol. The number of ether oxygens (including phenoxy) is 1. The summed E-state index contributed by atoms with van der Waals surface area (Å²) < 4.78 is 5.72. The fourth-order valence-corrected chi connectivity index (χ4v) is 2.79. The van der Waals surface area contributed by atoms with Gasteiger partial charge in [-0.05, 0) is 31.9 Å². The molecule has 0 aromatic heterocycles. The van der Waals surface area contributed by atoms with Crippen LogP contribution in [0.2, 0.25) is 0 Å². The van der Waals surface area contributed by atoms with Crippen molar-refractivity contribution in [2.45, 2.75) is 39.7 Å². The Kier molecular flexibility index (Phi) is 11.6. The minimum absolute atomic E-state index is 0.336. The van der Waals surface area contributed by atoms with Crippen LogP contribution < -0.4 is 5.32 Å². The van der Waals surface area contributed by atoms with Gasteiger partial charge in [-0.2, -0.15) is 0 Å². The molecule has 0 radical (unpaired) electrons. The summed E-state index contributed by atoms with van der Waals surface area (Å²) in [6, 6.07) is 6.35. The number of benzene rings is 1. The average molecular weight is 428 g/mol. The second kappa shape index (κ2) is 13.9. The molecule has 0 spiro atoms. The number of hydrogen-bond donors (Lipinski definition) is 1. The van der Waals surface area contributed by atoms with Gasteiger partial charge in [-0.15, -0.1) is 0 Å². The van der Waals surface area contributed by atoms with Crippen LogP contribution in [0.4, 0.5) is 0 Å². The van der Waals surface area contributed by atoms with E-state index in [-0.39, 0.29) is 11.8 Å². The van der Waals surface area contributed by atoms with E-state index in [1.165, 1.54) is 14.2 Å². The fraction of sp³-hybridized carbons (Fsp3) is 0.375. The molecule has 1 aromatic rings. The topological polar surface area (TPSA) is 80.2 Å². The van der Waals surface area contributed by atoms with Crippen molar-refractivity contribution < 1.29 is 19.2 Å². The molecule has 0 fully saturated rings. The molecule has 0 saturated heterocycles. The summed E-state index contributed by atoms with van der Waals surface area (Å²) in [5.74, 6) is -0.278. The quantitative estimate of drug-likeness (QED) is 0.583. The molecule has 168 valence electrons. The number of rotatable bonds is 3. The molecule has 2 rings (SSSR count). The van der Waals surface area contributed by atoms with E-state index in [1.54, 1.807) is 31.2 Å². The predicted octanol–water partition coefficient (Wildman–Crippen LogP) is 4.03. The van der Waals surface area contributed by atoms with Gasteiger partial charge in [0.05, 0.1) is 13.7 Å². The summed E-state index contributed by atoms with van der Waals surface area (Å²) in [6.07, 6.45) is 8.00. The van der Waals surface area contributed by atoms with Crippen LogP contribution in [-0.4, -0.2) is 49.4 Å². The Labute approximate surface area is 185 Å². The maximum absolute atomic E-state index is 13.0. The van der Waals surface area contributed by atoms with Crippen LogP contribution in [0.25, 0.3) is 0 Å². The van der Waals surface area contributed by atoms with E-state index in [0.29, 0.717) is 42.2 Å². The highest BCUT2D eigenvalue weighted by atomic mass is 16.7. The van der Waals surface area contributed by atoms with Gasteiger partial charge in [0, 0.05) is 23.9 Å². The third-order valence-electron chi connectivity index (χ3n) is 4.36. The highest BCUT2D eigenvalue weighted by molar-refractivity contribution is 6.10. The number of aliphatic imine (C=N–C) groups is 1. The number of allylic oxidation sites excluding steroid dienone is 2. The molecule has 0 bridgehead atoms. The molecule has 7 heteroatoms. The Hall–Kier alpha value is -3.19. The second-order valence-electron chi connectivity index (χ2n) is 6.37. The van der Waals surface area contributed by atoms with E-state index < -0.39 is 6.04 Å². The Morgan fingerprint density at radius 1 is 1.29 bits per heavy atom. The van der Waals surface area contributed by atoms with E-state index in [0.717, 1.165) is 5.06 Å². The highest BCUT2D eigenvalue weighted by Gasteiger charge is 2.25. The summed E-state index contributed by atoms with van der Waals surface area (Å²) in [5, 5.41) is 3.93. The van der Waals surface area contributed by atoms with Crippen molar-refractivity contribution in [3.63, 3.8) is 0 Å². The van der Waals surface area contributed by atoms with Crippen molar-refractivity contribution in [1.29, 1.82) is 0 Å². The van der Waals surface area contributed by atoms with Gasteiger partial charge in [0.15, 0.2) is 0 Å². The zero-order valence-electron chi connectivity index (χ0n) is 19.1. The molecule has 1 atom stereocenters. The van der Waals surface area contributed by atoms with Crippen LogP contribution in [0.5, 0.6) is 0 Å². The van der Waals surface area contributed by atoms with Crippen molar-refractivity contribution in [1.82, 2.24) is 10.4 Å². The minimum atomic E-state index is -0.755. The highest BCUT2D eigenvalue weighted by Crippen LogP contribution is 2.15. The molecule has 1 aliphatic heterocycles. The number of likely N-dealkylation sites (N-methyl/N-ethyl adjacent to an activating group) is 1. The predicted molar refractivity (Wildman–Crippen MR) is 124 cm³/mol. The summed E-state index contributed by atoms with van der Waals surface area (Å²) in [6.45, 7) is 9.92. The number of hydroxylamine groups is 2. The van der Waals surface area contributed by atoms with Crippen molar-refractivity contribution >= 4 is 17.5 Å². The van der Waals surface area contributed by atoms with Gasteiger partial charge in [0.2, 0.25) is 5.88 Å². The van der Waals surface area contributed by atoms with E-state index in [9.17, 15) is 9.59 Å². The molecule has 1 aromatic carbocycles. The largest absolute Gasteiger partial charge is 0.477 e. The van der Waals surface area contributed by atoms with Gasteiger partial charge in [-0.3, -0.25) is 14.4 Å². The number of nitrogens with zero attached hydrogens (tertiary/aromatic N) is 2. The second-order valence-corrected chi connectivity index (χ2v) is 6.37. The van der Waals surface area contributed by atoms with E-state index in [2.05, 4.69) is 16.9 Å². The van der Waals surface area contributed by atoms with Crippen LogP contribution in [-0.2, 0) is 14.4 Å². The molecule has 0 aliphatic carbocycles. The lowest BCUT2D eigenvalue weighted by atomic mass is 10.0. The molecule has 1 aliphatic rings. The molecule has 1 heterocycles. The Morgan fingerprint density at radius 3 is 2.61 bits per heavy atom. The number of amides is 2. The fourth-order valence-electron chi connectivity index (χ4n) is 2.79. The van der Waals surface area contributed by atoms with Gasteiger partial charge < -0.3 is 10.1 Å². The molecular formula is C24H33N3O4. The van der Waals surface area contributed by atoms with Crippen LogP contribution in [0, 0.1) is 0 Å². The number of nitrogens with one attached hydrogen (secondary N) is 1. The summed E-state index contributed by atoms with van der Waals surface area (Å²) in [7, 11) is 2.91. The van der Waals surface area contributed by atoms with Crippen LogP contribution in [0.15, 0.2) is 66.0 Å². The zero-order valence-corrected chi connectivity index (χ0v) is 19.1. The summed E-state index contributed by atoms with van der Waals surface area (Å²) in [5.41, 5.74) is 1.70. The normalized spacial score (nSPS) is 20.9. The minimum Gasteiger partial charge on any atom is -0.477 e. The van der Waals surface area contributed by atoms with Gasteiger partial charge in [-0.1, -0.05) is 56.9 Å². The molecule has 2 amide bonds. The number of carbonyl (C=O) groups is 2. The van der Waals surface area contributed by atoms with E-state index in [4.69, 9.17) is 9.57 Å². The number of carbonyl (C=O) groups excluding carboxylic acids is 2. The first-order chi connectivity index (χ1) is 15.0. The standard InChI is InChI=1S/C22H27N3O4.C2H6/c1-5-11-20-23-16(2)17-12-8-9-13-18(17)21(26)24-19(22(27)25(3)28-4)14-7-6-10-15-29-20;1-2/h5-9,11-13,19H,1,10,14-15H2,2-4H3,(H,24,26);1-2H3/b7-6-,20-11+,23-16+;. The molecule has 31 heavy (non-hydrogen) atoms. The molecule has 0 saturated carbocycles. The van der Waals surface area contributed by atoms with Crippen molar-refractivity contribution in [3.05, 3.63) is 72.2 Å². The van der Waals surface area contributed by atoms with Crippen molar-refractivity contribution in [3.8, 4) is 0 Å². The average Bonchev–Trinajstić information content (AvgIpc) is 2.80. The lowest BCUT2D eigenvalue weighted by molar-refractivity contribution is -0.170.